The van der Waals surface area contributed by atoms with Crippen molar-refractivity contribution < 1.29 is 4.79 Å². The van der Waals surface area contributed by atoms with E-state index in [1.54, 1.807) is 18.2 Å². The molecule has 0 saturated heterocycles. The van der Waals surface area contributed by atoms with Crippen LogP contribution in [0.4, 0.5) is 5.69 Å². The quantitative estimate of drug-likeness (QED) is 0.837. The lowest BCUT2D eigenvalue weighted by molar-refractivity contribution is 0.0926. The lowest BCUT2D eigenvalue weighted by Gasteiger charge is -2.23. The van der Waals surface area contributed by atoms with Crippen molar-refractivity contribution in [3.8, 4) is 0 Å². The fourth-order valence-electron chi connectivity index (χ4n) is 2.23. The Hall–Kier alpha value is -2.00. The van der Waals surface area contributed by atoms with Gasteiger partial charge in [0.2, 0.25) is 0 Å². The number of carbonyl (C=O) groups is 1. The maximum absolute atomic E-state index is 12.4. The predicted octanol–water partition coefficient (Wildman–Crippen LogP) is 4.05. The van der Waals surface area contributed by atoms with Crippen LogP contribution in [0, 0.1) is 5.92 Å². The maximum Gasteiger partial charge on any atom is 0.253 e. The average Bonchev–Trinajstić information content (AvgIpc) is 2.45. The van der Waals surface area contributed by atoms with Crippen LogP contribution in [0.25, 0.3) is 0 Å². The first kappa shape index (κ1) is 15.4. The number of carbonyl (C=O) groups excluding carboxylic acids is 1. The van der Waals surface area contributed by atoms with E-state index in [0.717, 1.165) is 5.56 Å². The van der Waals surface area contributed by atoms with Gasteiger partial charge in [0.05, 0.1) is 16.6 Å². The van der Waals surface area contributed by atoms with Gasteiger partial charge in [-0.1, -0.05) is 55.8 Å². The molecule has 0 radical (unpaired) electrons. The predicted molar refractivity (Wildman–Crippen MR) is 87.4 cm³/mol. The Bertz CT molecular complexity index is 626. The summed E-state index contributed by atoms with van der Waals surface area (Å²) < 4.78 is 0. The third-order valence-corrected chi connectivity index (χ3v) is 3.66. The molecule has 21 heavy (non-hydrogen) atoms. The highest BCUT2D eigenvalue weighted by Crippen LogP contribution is 2.24. The van der Waals surface area contributed by atoms with Crippen molar-refractivity contribution >= 4 is 23.2 Å². The second-order valence-electron chi connectivity index (χ2n) is 5.35. The van der Waals surface area contributed by atoms with Crippen LogP contribution in [0.5, 0.6) is 0 Å². The van der Waals surface area contributed by atoms with Gasteiger partial charge < -0.3 is 11.1 Å². The number of nitrogens with two attached hydrogens (primary N) is 1. The summed E-state index contributed by atoms with van der Waals surface area (Å²) in [4.78, 5) is 12.4. The van der Waals surface area contributed by atoms with E-state index in [4.69, 9.17) is 17.3 Å². The van der Waals surface area contributed by atoms with E-state index in [1.165, 1.54) is 0 Å². The molecule has 0 aliphatic carbocycles. The minimum Gasteiger partial charge on any atom is -0.399 e. The summed E-state index contributed by atoms with van der Waals surface area (Å²) in [5.41, 5.74) is 7.71. The average molecular weight is 303 g/mol. The van der Waals surface area contributed by atoms with Crippen LogP contribution < -0.4 is 11.1 Å². The fraction of sp³-hybridized carbons (Fsp3) is 0.235. The van der Waals surface area contributed by atoms with Crippen LogP contribution in [0.3, 0.4) is 0 Å². The Labute approximate surface area is 130 Å². The van der Waals surface area contributed by atoms with E-state index in [0.29, 0.717) is 16.3 Å². The molecular weight excluding hydrogens is 284 g/mol. The van der Waals surface area contributed by atoms with Gasteiger partial charge in [-0.2, -0.15) is 0 Å². The smallest absolute Gasteiger partial charge is 0.253 e. The lowest BCUT2D eigenvalue weighted by Crippen LogP contribution is -2.31. The van der Waals surface area contributed by atoms with Crippen LogP contribution in [0.15, 0.2) is 48.5 Å². The third-order valence-electron chi connectivity index (χ3n) is 3.35. The maximum atomic E-state index is 12.4. The molecule has 0 heterocycles. The minimum atomic E-state index is -0.192. The number of halogens is 1. The van der Waals surface area contributed by atoms with E-state index < -0.39 is 0 Å². The van der Waals surface area contributed by atoms with Crippen molar-refractivity contribution in [1.29, 1.82) is 0 Å². The van der Waals surface area contributed by atoms with Crippen LogP contribution in [-0.2, 0) is 0 Å². The Morgan fingerprint density at radius 3 is 2.38 bits per heavy atom. The largest absolute Gasteiger partial charge is 0.399 e. The van der Waals surface area contributed by atoms with Crippen LogP contribution >= 0.6 is 11.6 Å². The number of hydrogen-bond donors (Lipinski definition) is 2. The van der Waals surface area contributed by atoms with Crippen molar-refractivity contribution in [1.82, 2.24) is 5.32 Å². The van der Waals surface area contributed by atoms with Gasteiger partial charge in [-0.3, -0.25) is 4.79 Å². The minimum absolute atomic E-state index is 0.0627. The van der Waals surface area contributed by atoms with E-state index in [-0.39, 0.29) is 17.9 Å². The van der Waals surface area contributed by atoms with Gasteiger partial charge >= 0.3 is 0 Å². The molecule has 4 heteroatoms. The number of amides is 1. The highest BCUT2D eigenvalue weighted by molar-refractivity contribution is 6.34. The highest BCUT2D eigenvalue weighted by atomic mass is 35.5. The molecule has 0 fully saturated rings. The molecule has 2 aromatic carbocycles. The molecule has 0 spiro atoms. The number of nitrogens with one attached hydrogen (secondary N) is 1. The fourth-order valence-corrected chi connectivity index (χ4v) is 2.50. The monoisotopic (exact) mass is 302 g/mol. The van der Waals surface area contributed by atoms with E-state index in [9.17, 15) is 4.79 Å². The molecule has 0 aromatic heterocycles. The summed E-state index contributed by atoms with van der Waals surface area (Å²) in [7, 11) is 0. The zero-order valence-electron chi connectivity index (χ0n) is 12.1. The molecule has 1 amide bonds. The Morgan fingerprint density at radius 2 is 1.81 bits per heavy atom. The van der Waals surface area contributed by atoms with Gasteiger partial charge in [0.15, 0.2) is 0 Å². The van der Waals surface area contributed by atoms with Crippen LogP contribution in [-0.4, -0.2) is 5.91 Å². The SMILES string of the molecule is CC(C)C(NC(=O)c1ccc(N)cc1Cl)c1ccccc1. The van der Waals surface area contributed by atoms with E-state index in [2.05, 4.69) is 19.2 Å². The molecule has 3 nitrogen and oxygen atoms in total. The van der Waals surface area contributed by atoms with Crippen molar-refractivity contribution in [3.05, 3.63) is 64.7 Å². The first-order valence-corrected chi connectivity index (χ1v) is 7.27. The molecule has 3 N–H and O–H groups in total. The molecule has 0 aliphatic heterocycles. The summed E-state index contributed by atoms with van der Waals surface area (Å²) in [5, 5.41) is 3.41. The molecule has 2 rings (SSSR count). The number of nitrogen functional groups attached to an aromatic ring is 1. The summed E-state index contributed by atoms with van der Waals surface area (Å²) in [5.74, 6) is 0.0754. The second kappa shape index (κ2) is 6.64. The molecule has 0 saturated carbocycles. The van der Waals surface area contributed by atoms with Crippen molar-refractivity contribution in [2.24, 2.45) is 5.92 Å². The first-order valence-electron chi connectivity index (χ1n) is 6.90. The third kappa shape index (κ3) is 3.76. The normalized spacial score (nSPS) is 12.2. The van der Waals surface area contributed by atoms with Gasteiger partial charge in [-0.25, -0.2) is 0 Å². The van der Waals surface area contributed by atoms with Gasteiger partial charge in [0.1, 0.15) is 0 Å². The summed E-state index contributed by atoms with van der Waals surface area (Å²) in [6, 6.07) is 14.8. The summed E-state index contributed by atoms with van der Waals surface area (Å²) >= 11 is 6.09. The number of benzene rings is 2. The van der Waals surface area contributed by atoms with Gasteiger partial charge in [0.25, 0.3) is 5.91 Å². The highest BCUT2D eigenvalue weighted by Gasteiger charge is 2.20. The Morgan fingerprint density at radius 1 is 1.14 bits per heavy atom. The molecule has 110 valence electrons. The van der Waals surface area contributed by atoms with Crippen molar-refractivity contribution in [3.63, 3.8) is 0 Å². The van der Waals surface area contributed by atoms with Crippen LogP contribution in [0.1, 0.15) is 35.8 Å². The van der Waals surface area contributed by atoms with Crippen molar-refractivity contribution in [2.45, 2.75) is 19.9 Å². The Balaban J connectivity index is 2.23. The number of hydrogen-bond acceptors (Lipinski definition) is 2. The lowest BCUT2D eigenvalue weighted by atomic mass is 9.95. The van der Waals surface area contributed by atoms with Gasteiger partial charge in [0, 0.05) is 5.69 Å². The zero-order valence-corrected chi connectivity index (χ0v) is 12.9. The van der Waals surface area contributed by atoms with Crippen LogP contribution in [0.2, 0.25) is 5.02 Å². The molecular formula is C17H19ClN2O. The standard InChI is InChI=1S/C17H19ClN2O/c1-11(2)16(12-6-4-3-5-7-12)20-17(21)14-9-8-13(19)10-15(14)18/h3-11,16H,19H2,1-2H3,(H,20,21). The summed E-state index contributed by atoms with van der Waals surface area (Å²) in [6.07, 6.45) is 0. The topological polar surface area (TPSA) is 55.1 Å². The molecule has 0 bridgehead atoms. The first-order chi connectivity index (χ1) is 9.99. The van der Waals surface area contributed by atoms with Gasteiger partial charge in [-0.15, -0.1) is 0 Å². The second-order valence-corrected chi connectivity index (χ2v) is 5.75. The number of rotatable bonds is 4. The number of anilines is 1. The summed E-state index contributed by atoms with van der Waals surface area (Å²) in [6.45, 7) is 4.14. The molecule has 2 aromatic rings. The molecule has 1 atom stereocenters. The zero-order chi connectivity index (χ0) is 15.4. The van der Waals surface area contributed by atoms with Gasteiger partial charge in [-0.05, 0) is 29.7 Å². The van der Waals surface area contributed by atoms with E-state index >= 15 is 0 Å². The Kier molecular flexibility index (Phi) is 4.86. The molecule has 0 aliphatic rings. The van der Waals surface area contributed by atoms with E-state index in [1.807, 2.05) is 30.3 Å². The molecule has 1 unspecified atom stereocenters. The van der Waals surface area contributed by atoms with Crippen molar-refractivity contribution in [2.75, 3.05) is 5.73 Å².